The lowest BCUT2D eigenvalue weighted by Gasteiger charge is -2.11. The first-order valence-electron chi connectivity index (χ1n) is 10.0. The Kier molecular flexibility index (Phi) is 7.12. The lowest BCUT2D eigenvalue weighted by molar-refractivity contribution is -0.153. The van der Waals surface area contributed by atoms with Gasteiger partial charge in [-0.2, -0.15) is 13.2 Å². The van der Waals surface area contributed by atoms with Gasteiger partial charge < -0.3 is 10.1 Å². The van der Waals surface area contributed by atoms with E-state index >= 15 is 0 Å². The van der Waals surface area contributed by atoms with E-state index in [0.29, 0.717) is 16.7 Å². The number of hydrogen-bond acceptors (Lipinski definition) is 6. The third kappa shape index (κ3) is 6.13. The Morgan fingerprint density at radius 3 is 2.44 bits per heavy atom. The van der Waals surface area contributed by atoms with Crippen molar-refractivity contribution in [2.24, 2.45) is 0 Å². The van der Waals surface area contributed by atoms with Gasteiger partial charge in [-0.25, -0.2) is 0 Å². The maximum Gasteiger partial charge on any atom is 0.422 e. The number of hydrogen-bond donors (Lipinski definition) is 1. The number of nitrogens with zero attached hydrogens (tertiary/aromatic N) is 4. The average molecular weight is 485 g/mol. The normalized spacial score (nSPS) is 11.3. The second kappa shape index (κ2) is 10.4. The summed E-state index contributed by atoms with van der Waals surface area (Å²) in [5.41, 5.74) is 2.05. The summed E-state index contributed by atoms with van der Waals surface area (Å²) in [5, 5.41) is 11.8. The molecule has 1 amide bonds. The van der Waals surface area contributed by atoms with Crippen LogP contribution in [0, 0.1) is 0 Å². The van der Waals surface area contributed by atoms with Gasteiger partial charge >= 0.3 is 6.18 Å². The van der Waals surface area contributed by atoms with Crippen molar-refractivity contribution in [2.75, 3.05) is 17.7 Å². The molecule has 174 valence electrons. The molecule has 7 nitrogen and oxygen atoms in total. The summed E-state index contributed by atoms with van der Waals surface area (Å²) in [6.45, 7) is -1.38. The fraction of sp³-hybridized carbons (Fsp3) is 0.130. The minimum Gasteiger partial charge on any atom is -0.484 e. The van der Waals surface area contributed by atoms with Crippen LogP contribution in [0.3, 0.4) is 0 Å². The second-order valence-corrected chi connectivity index (χ2v) is 7.93. The summed E-state index contributed by atoms with van der Waals surface area (Å²) >= 11 is 1.21. The maximum absolute atomic E-state index is 12.5. The van der Waals surface area contributed by atoms with Gasteiger partial charge in [0.05, 0.1) is 5.75 Å². The zero-order chi connectivity index (χ0) is 24.0. The van der Waals surface area contributed by atoms with Gasteiger partial charge in [0, 0.05) is 29.3 Å². The number of carbonyl (C=O) groups excluding carboxylic acids is 1. The van der Waals surface area contributed by atoms with Crippen LogP contribution in [0.15, 0.2) is 84.3 Å². The Hall–Kier alpha value is -3.86. The smallest absolute Gasteiger partial charge is 0.422 e. The molecular weight excluding hydrogens is 467 g/mol. The topological polar surface area (TPSA) is 81.9 Å². The van der Waals surface area contributed by atoms with E-state index in [0.717, 1.165) is 11.3 Å². The fourth-order valence-corrected chi connectivity index (χ4v) is 3.73. The van der Waals surface area contributed by atoms with Crippen LogP contribution < -0.4 is 10.1 Å². The molecule has 1 N–H and O–H groups in total. The van der Waals surface area contributed by atoms with Gasteiger partial charge in [-0.05, 0) is 48.5 Å². The van der Waals surface area contributed by atoms with Gasteiger partial charge in [-0.3, -0.25) is 14.3 Å². The van der Waals surface area contributed by atoms with Crippen LogP contribution in [0.5, 0.6) is 5.75 Å². The third-order valence-electron chi connectivity index (χ3n) is 4.44. The quantitative estimate of drug-likeness (QED) is 0.354. The zero-order valence-electron chi connectivity index (χ0n) is 17.6. The maximum atomic E-state index is 12.5. The van der Waals surface area contributed by atoms with Gasteiger partial charge in [-0.1, -0.05) is 30.0 Å². The number of pyridine rings is 1. The minimum absolute atomic E-state index is 0.0460. The number of anilines is 1. The first kappa shape index (κ1) is 23.3. The zero-order valence-corrected chi connectivity index (χ0v) is 18.4. The number of benzene rings is 2. The molecule has 0 atom stereocenters. The van der Waals surface area contributed by atoms with Crippen molar-refractivity contribution in [3.8, 4) is 22.8 Å². The van der Waals surface area contributed by atoms with E-state index in [4.69, 9.17) is 0 Å². The molecule has 2 heterocycles. The highest BCUT2D eigenvalue weighted by molar-refractivity contribution is 7.99. The van der Waals surface area contributed by atoms with Crippen LogP contribution in [-0.4, -0.2) is 44.2 Å². The summed E-state index contributed by atoms with van der Waals surface area (Å²) in [6.07, 6.45) is -1.06. The predicted octanol–water partition coefficient (Wildman–Crippen LogP) is 5.00. The fourth-order valence-electron chi connectivity index (χ4n) is 2.98. The Morgan fingerprint density at radius 1 is 1.00 bits per heavy atom. The molecule has 0 saturated carbocycles. The van der Waals surface area contributed by atoms with E-state index in [1.165, 1.54) is 36.0 Å². The highest BCUT2D eigenvalue weighted by Gasteiger charge is 2.28. The third-order valence-corrected chi connectivity index (χ3v) is 5.37. The molecule has 11 heteroatoms. The molecule has 0 aliphatic heterocycles. The molecule has 0 aliphatic carbocycles. The van der Waals surface area contributed by atoms with Gasteiger partial charge in [0.2, 0.25) is 5.91 Å². The summed E-state index contributed by atoms with van der Waals surface area (Å²) in [5.74, 6) is 0.393. The van der Waals surface area contributed by atoms with Crippen LogP contribution in [0.2, 0.25) is 0 Å². The monoisotopic (exact) mass is 485 g/mol. The van der Waals surface area contributed by atoms with Crippen molar-refractivity contribution in [3.05, 3.63) is 79.1 Å². The number of amides is 1. The van der Waals surface area contributed by atoms with Crippen LogP contribution in [-0.2, 0) is 4.79 Å². The Morgan fingerprint density at radius 2 is 1.76 bits per heavy atom. The van der Waals surface area contributed by atoms with E-state index < -0.39 is 12.8 Å². The number of nitrogens with one attached hydrogen (secondary N) is 1. The number of para-hydroxylation sites is 1. The molecule has 0 saturated heterocycles. The number of rotatable bonds is 8. The highest BCUT2D eigenvalue weighted by atomic mass is 32.2. The molecule has 0 fully saturated rings. The molecule has 34 heavy (non-hydrogen) atoms. The summed E-state index contributed by atoms with van der Waals surface area (Å²) < 4.78 is 43.3. The molecule has 0 spiro atoms. The summed E-state index contributed by atoms with van der Waals surface area (Å²) in [6, 6.07) is 18.9. The lowest BCUT2D eigenvalue weighted by atomic mass is 10.2. The molecule has 2 aromatic heterocycles. The molecule has 0 radical (unpaired) electrons. The number of thioether (sulfide) groups is 1. The second-order valence-electron chi connectivity index (χ2n) is 6.98. The van der Waals surface area contributed by atoms with Crippen LogP contribution in [0.4, 0.5) is 18.9 Å². The standard InChI is InChI=1S/C23H18F3N5O2S/c24-23(25,26)15-33-19-10-8-17(9-11-19)28-20(32)14-34-22-30-29-21(16-5-4-12-27-13-16)31(22)18-6-2-1-3-7-18/h1-13H,14-15H2,(H,28,32). The molecule has 4 aromatic rings. The Labute approximate surface area is 197 Å². The van der Waals surface area contributed by atoms with E-state index in [2.05, 4.69) is 25.2 Å². The van der Waals surface area contributed by atoms with E-state index in [1.807, 2.05) is 41.0 Å². The molecule has 0 aliphatic rings. The van der Waals surface area contributed by atoms with E-state index in [1.54, 1.807) is 18.5 Å². The molecule has 0 bridgehead atoms. The van der Waals surface area contributed by atoms with Crippen LogP contribution >= 0.6 is 11.8 Å². The first-order chi connectivity index (χ1) is 16.4. The van der Waals surface area contributed by atoms with Crippen molar-refractivity contribution < 1.29 is 22.7 Å². The van der Waals surface area contributed by atoms with Crippen molar-refractivity contribution in [3.63, 3.8) is 0 Å². The number of ether oxygens (including phenoxy) is 1. The number of carbonyl (C=O) groups is 1. The van der Waals surface area contributed by atoms with Crippen molar-refractivity contribution in [2.45, 2.75) is 11.3 Å². The summed E-state index contributed by atoms with van der Waals surface area (Å²) in [7, 11) is 0. The number of aromatic nitrogens is 4. The highest BCUT2D eigenvalue weighted by Crippen LogP contribution is 2.28. The van der Waals surface area contributed by atoms with Gasteiger partial charge in [0.15, 0.2) is 17.6 Å². The Balaban J connectivity index is 1.43. The minimum atomic E-state index is -4.42. The SMILES string of the molecule is O=C(CSc1nnc(-c2cccnc2)n1-c1ccccc1)Nc1ccc(OCC(F)(F)F)cc1. The van der Waals surface area contributed by atoms with Crippen molar-refractivity contribution in [1.82, 2.24) is 19.7 Å². The van der Waals surface area contributed by atoms with E-state index in [-0.39, 0.29) is 17.4 Å². The van der Waals surface area contributed by atoms with Crippen molar-refractivity contribution >= 4 is 23.4 Å². The van der Waals surface area contributed by atoms with Gasteiger partial charge in [0.1, 0.15) is 5.75 Å². The van der Waals surface area contributed by atoms with Crippen LogP contribution in [0.25, 0.3) is 17.1 Å². The molecule has 4 rings (SSSR count). The molecule has 2 aromatic carbocycles. The largest absolute Gasteiger partial charge is 0.484 e. The van der Waals surface area contributed by atoms with Gasteiger partial charge in [-0.15, -0.1) is 10.2 Å². The first-order valence-corrected chi connectivity index (χ1v) is 11.0. The predicted molar refractivity (Wildman–Crippen MR) is 122 cm³/mol. The average Bonchev–Trinajstić information content (AvgIpc) is 3.27. The molecule has 0 unspecified atom stereocenters. The van der Waals surface area contributed by atoms with Crippen molar-refractivity contribution in [1.29, 1.82) is 0 Å². The number of halogens is 3. The van der Waals surface area contributed by atoms with Gasteiger partial charge in [0.25, 0.3) is 0 Å². The molecular formula is C23H18F3N5O2S. The number of alkyl halides is 3. The van der Waals surface area contributed by atoms with Crippen LogP contribution in [0.1, 0.15) is 0 Å². The lowest BCUT2D eigenvalue weighted by Crippen LogP contribution is -2.19. The van der Waals surface area contributed by atoms with E-state index in [9.17, 15) is 18.0 Å². The Bertz CT molecular complexity index is 1230. The summed E-state index contributed by atoms with van der Waals surface area (Å²) in [4.78, 5) is 16.6.